The molecule has 0 spiro atoms. The van der Waals surface area contributed by atoms with Crippen LogP contribution in [0.3, 0.4) is 0 Å². The minimum absolute atomic E-state index is 0.341. The van der Waals surface area contributed by atoms with Crippen LogP contribution in [0, 0.1) is 11.6 Å². The fourth-order valence-corrected chi connectivity index (χ4v) is 3.05. The largest absolute Gasteiger partial charge is 0.280 e. The molecule has 0 unspecified atom stereocenters. The van der Waals surface area contributed by atoms with E-state index in [2.05, 4.69) is 9.98 Å². The summed E-state index contributed by atoms with van der Waals surface area (Å²) in [5.74, 6) is -1.60. The Kier molecular flexibility index (Phi) is 4.40. The van der Waals surface area contributed by atoms with E-state index in [1.807, 2.05) is 48.6 Å². The summed E-state index contributed by atoms with van der Waals surface area (Å²) in [5.41, 5.74) is 5.19. The summed E-state index contributed by atoms with van der Waals surface area (Å²) in [6.45, 7) is 0.631. The molecular weight excluding hydrogens is 330 g/mol. The van der Waals surface area contributed by atoms with Crippen molar-refractivity contribution in [1.82, 2.24) is 4.98 Å². The highest BCUT2D eigenvalue weighted by Crippen LogP contribution is 2.24. The van der Waals surface area contributed by atoms with Crippen LogP contribution in [0.15, 0.2) is 71.9 Å². The maximum atomic E-state index is 13.9. The number of benzene rings is 2. The second kappa shape index (κ2) is 7.00. The lowest BCUT2D eigenvalue weighted by molar-refractivity contribution is 0.501. The molecule has 0 radical (unpaired) electrons. The summed E-state index contributed by atoms with van der Waals surface area (Å²) < 4.78 is 27.3. The van der Waals surface area contributed by atoms with E-state index in [0.717, 1.165) is 34.2 Å². The van der Waals surface area contributed by atoms with Crippen LogP contribution in [-0.4, -0.2) is 10.7 Å². The van der Waals surface area contributed by atoms with Gasteiger partial charge in [0.15, 0.2) is 11.6 Å². The predicted molar refractivity (Wildman–Crippen MR) is 99.1 cm³/mol. The van der Waals surface area contributed by atoms with E-state index < -0.39 is 11.6 Å². The van der Waals surface area contributed by atoms with Gasteiger partial charge in [-0.1, -0.05) is 30.3 Å². The first kappa shape index (κ1) is 16.3. The lowest BCUT2D eigenvalue weighted by atomic mass is 9.97. The zero-order valence-electron chi connectivity index (χ0n) is 14.0. The van der Waals surface area contributed by atoms with E-state index in [1.165, 1.54) is 6.07 Å². The molecule has 2 nitrogen and oxygen atoms in total. The number of aliphatic imine (C=N–C) groups is 1. The summed E-state index contributed by atoms with van der Waals surface area (Å²) in [6, 6.07) is 16.0. The van der Waals surface area contributed by atoms with Crippen LogP contribution >= 0.6 is 0 Å². The number of rotatable bonds is 4. The molecule has 0 amide bonds. The molecule has 0 atom stereocenters. The van der Waals surface area contributed by atoms with Crippen molar-refractivity contribution in [2.75, 3.05) is 0 Å². The topological polar surface area (TPSA) is 25.2 Å². The maximum Gasteiger partial charge on any atom is 0.162 e. The molecule has 2 heterocycles. The van der Waals surface area contributed by atoms with Crippen molar-refractivity contribution < 1.29 is 8.78 Å². The number of fused-ring (bicyclic) bond motifs is 1. The van der Waals surface area contributed by atoms with Gasteiger partial charge in [-0.05, 0) is 53.1 Å². The van der Waals surface area contributed by atoms with E-state index >= 15 is 0 Å². The molecule has 0 N–H and O–H groups in total. The predicted octanol–water partition coefficient (Wildman–Crippen LogP) is 4.97. The molecule has 0 saturated carbocycles. The summed E-state index contributed by atoms with van der Waals surface area (Å²) in [6.07, 6.45) is 5.96. The van der Waals surface area contributed by atoms with Gasteiger partial charge >= 0.3 is 0 Å². The normalized spacial score (nSPS) is 13.1. The quantitative estimate of drug-likeness (QED) is 0.655. The van der Waals surface area contributed by atoms with Crippen molar-refractivity contribution in [3.05, 3.63) is 106 Å². The fourth-order valence-electron chi connectivity index (χ4n) is 3.05. The van der Waals surface area contributed by atoms with E-state index in [1.54, 1.807) is 12.3 Å². The Bertz CT molecular complexity index is 1010. The lowest BCUT2D eigenvalue weighted by Crippen LogP contribution is -1.99. The standard InChI is InChI=1S/C22H16F2N2/c23-20-6-3-4-16(22(20)24)12-15-7-8-17-14-26-21(19(17)13-15)10-9-18-5-1-2-11-25-18/h1-11,13H,12,14H2/b10-9+. The molecule has 4 rings (SSSR count). The van der Waals surface area contributed by atoms with Gasteiger partial charge in [-0.25, -0.2) is 8.78 Å². The Morgan fingerprint density at radius 3 is 2.73 bits per heavy atom. The highest BCUT2D eigenvalue weighted by atomic mass is 19.2. The van der Waals surface area contributed by atoms with Crippen molar-refractivity contribution >= 4 is 11.8 Å². The first-order valence-electron chi connectivity index (χ1n) is 8.39. The van der Waals surface area contributed by atoms with Crippen molar-refractivity contribution in [3.63, 3.8) is 0 Å². The summed E-state index contributed by atoms with van der Waals surface area (Å²) in [5, 5.41) is 0. The average Bonchev–Trinajstić information content (AvgIpc) is 3.07. The number of nitrogens with zero attached hydrogens (tertiary/aromatic N) is 2. The summed E-state index contributed by atoms with van der Waals surface area (Å²) in [7, 11) is 0. The summed E-state index contributed by atoms with van der Waals surface area (Å²) >= 11 is 0. The first-order valence-corrected chi connectivity index (χ1v) is 8.39. The number of hydrogen-bond donors (Lipinski definition) is 0. The smallest absolute Gasteiger partial charge is 0.162 e. The molecule has 128 valence electrons. The lowest BCUT2D eigenvalue weighted by Gasteiger charge is -2.07. The number of hydrogen-bond acceptors (Lipinski definition) is 2. The Hall–Kier alpha value is -3.14. The second-order valence-electron chi connectivity index (χ2n) is 6.17. The van der Waals surface area contributed by atoms with Gasteiger partial charge in [-0.15, -0.1) is 0 Å². The Balaban J connectivity index is 1.59. The van der Waals surface area contributed by atoms with Crippen molar-refractivity contribution in [1.29, 1.82) is 0 Å². The van der Waals surface area contributed by atoms with Gasteiger partial charge in [0, 0.05) is 18.2 Å². The SMILES string of the molecule is Fc1cccc(Cc2ccc3c(c2)C(/C=C/c2ccccn2)=NC3)c1F. The van der Waals surface area contributed by atoms with E-state index in [9.17, 15) is 8.78 Å². The van der Waals surface area contributed by atoms with Gasteiger partial charge in [-0.2, -0.15) is 0 Å². The minimum Gasteiger partial charge on any atom is -0.280 e. The summed E-state index contributed by atoms with van der Waals surface area (Å²) in [4.78, 5) is 8.83. The molecule has 0 bridgehead atoms. The Labute approximate surface area is 150 Å². The molecule has 0 saturated heterocycles. The third-order valence-electron chi connectivity index (χ3n) is 4.40. The molecule has 0 fully saturated rings. The van der Waals surface area contributed by atoms with Crippen LogP contribution in [0.2, 0.25) is 0 Å². The van der Waals surface area contributed by atoms with Gasteiger partial charge in [0.25, 0.3) is 0 Å². The van der Waals surface area contributed by atoms with E-state index in [4.69, 9.17) is 0 Å². The Morgan fingerprint density at radius 2 is 1.88 bits per heavy atom. The van der Waals surface area contributed by atoms with Crippen LogP contribution in [0.4, 0.5) is 8.78 Å². The van der Waals surface area contributed by atoms with Gasteiger partial charge in [0.1, 0.15) is 0 Å². The first-order chi connectivity index (χ1) is 12.7. The van der Waals surface area contributed by atoms with Crippen LogP contribution in [-0.2, 0) is 13.0 Å². The molecule has 4 heteroatoms. The van der Waals surface area contributed by atoms with E-state index in [-0.39, 0.29) is 0 Å². The highest BCUT2D eigenvalue weighted by Gasteiger charge is 2.15. The number of pyridine rings is 1. The highest BCUT2D eigenvalue weighted by molar-refractivity contribution is 6.13. The monoisotopic (exact) mass is 346 g/mol. The third kappa shape index (κ3) is 3.31. The van der Waals surface area contributed by atoms with Gasteiger partial charge in [0.2, 0.25) is 0 Å². The Morgan fingerprint density at radius 1 is 0.962 bits per heavy atom. The fraction of sp³-hybridized carbons (Fsp3) is 0.0909. The third-order valence-corrected chi connectivity index (χ3v) is 4.40. The molecular formula is C22H16F2N2. The van der Waals surface area contributed by atoms with Crippen molar-refractivity contribution in [2.45, 2.75) is 13.0 Å². The zero-order chi connectivity index (χ0) is 17.9. The van der Waals surface area contributed by atoms with Gasteiger partial charge < -0.3 is 0 Å². The molecule has 0 aliphatic carbocycles. The average molecular weight is 346 g/mol. The molecule has 2 aromatic carbocycles. The molecule has 1 aliphatic heterocycles. The van der Waals surface area contributed by atoms with Crippen LogP contribution < -0.4 is 0 Å². The molecule has 3 aromatic rings. The minimum atomic E-state index is -0.816. The molecule has 26 heavy (non-hydrogen) atoms. The zero-order valence-corrected chi connectivity index (χ0v) is 14.0. The molecule has 1 aromatic heterocycles. The van der Waals surface area contributed by atoms with Crippen LogP contribution in [0.25, 0.3) is 6.08 Å². The number of allylic oxidation sites excluding steroid dienone is 1. The van der Waals surface area contributed by atoms with Gasteiger partial charge in [0.05, 0.1) is 18.0 Å². The van der Waals surface area contributed by atoms with Crippen molar-refractivity contribution in [2.24, 2.45) is 4.99 Å². The maximum absolute atomic E-state index is 13.9. The van der Waals surface area contributed by atoms with Crippen molar-refractivity contribution in [3.8, 4) is 0 Å². The van der Waals surface area contributed by atoms with Gasteiger partial charge in [-0.3, -0.25) is 9.98 Å². The number of halogens is 2. The van der Waals surface area contributed by atoms with E-state index in [0.29, 0.717) is 18.5 Å². The molecule has 1 aliphatic rings. The van der Waals surface area contributed by atoms with Crippen LogP contribution in [0.5, 0.6) is 0 Å². The van der Waals surface area contributed by atoms with Crippen LogP contribution in [0.1, 0.15) is 27.9 Å². The second-order valence-corrected chi connectivity index (χ2v) is 6.17. The number of aromatic nitrogens is 1.